The van der Waals surface area contributed by atoms with Crippen LogP contribution in [0.5, 0.6) is 0 Å². The lowest BCUT2D eigenvalue weighted by atomic mass is 9.83. The Balaban J connectivity index is 2.06. The van der Waals surface area contributed by atoms with Crippen LogP contribution < -0.4 is 10.0 Å². The average molecular weight is 282 g/mol. The Morgan fingerprint density at radius 1 is 1.32 bits per heavy atom. The molecule has 2 rings (SSSR count). The molecule has 0 atom stereocenters. The normalized spacial score (nSPS) is 15.9. The van der Waals surface area contributed by atoms with E-state index >= 15 is 0 Å². The standard InChI is InChI=1S/C13H18N2O3S/c1-15(13(16)9-10-3-2-4-10)11-5-7-12(8-6-11)19(14,17)18/h5-8,10H,2-4,9H2,1H3,(H2,14,17,18). The number of sulfonamides is 1. The van der Waals surface area contributed by atoms with Gasteiger partial charge in [0, 0.05) is 19.2 Å². The van der Waals surface area contributed by atoms with Gasteiger partial charge in [0.05, 0.1) is 4.90 Å². The van der Waals surface area contributed by atoms with Gasteiger partial charge >= 0.3 is 0 Å². The van der Waals surface area contributed by atoms with Crippen LogP contribution in [-0.2, 0) is 14.8 Å². The summed E-state index contributed by atoms with van der Waals surface area (Å²) in [4.78, 5) is 13.6. The molecule has 1 aromatic rings. The van der Waals surface area contributed by atoms with Crippen LogP contribution in [-0.4, -0.2) is 21.4 Å². The summed E-state index contributed by atoms with van der Waals surface area (Å²) >= 11 is 0. The quantitative estimate of drug-likeness (QED) is 0.908. The lowest BCUT2D eigenvalue weighted by Gasteiger charge is -2.27. The summed E-state index contributed by atoms with van der Waals surface area (Å²) in [6.07, 6.45) is 4.03. The van der Waals surface area contributed by atoms with Gasteiger partial charge in [-0.1, -0.05) is 6.42 Å². The van der Waals surface area contributed by atoms with E-state index < -0.39 is 10.0 Å². The van der Waals surface area contributed by atoms with Crippen molar-refractivity contribution >= 4 is 21.6 Å². The molecule has 1 fully saturated rings. The van der Waals surface area contributed by atoms with Gasteiger partial charge in [0.15, 0.2) is 0 Å². The largest absolute Gasteiger partial charge is 0.315 e. The van der Waals surface area contributed by atoms with Crippen molar-refractivity contribution in [2.75, 3.05) is 11.9 Å². The number of benzene rings is 1. The summed E-state index contributed by atoms with van der Waals surface area (Å²) in [5.74, 6) is 0.576. The topological polar surface area (TPSA) is 80.5 Å². The molecule has 0 unspecified atom stereocenters. The van der Waals surface area contributed by atoms with E-state index in [4.69, 9.17) is 5.14 Å². The number of amides is 1. The number of hydrogen-bond acceptors (Lipinski definition) is 3. The Labute approximate surface area is 113 Å². The summed E-state index contributed by atoms with van der Waals surface area (Å²) in [6.45, 7) is 0. The van der Waals surface area contributed by atoms with E-state index in [9.17, 15) is 13.2 Å². The second-order valence-corrected chi connectivity index (χ2v) is 6.55. The SMILES string of the molecule is CN(C(=O)CC1CCC1)c1ccc(S(N)(=O)=O)cc1. The third-order valence-electron chi connectivity index (χ3n) is 3.61. The van der Waals surface area contributed by atoms with E-state index in [1.807, 2.05) is 0 Å². The molecule has 0 aromatic heterocycles. The van der Waals surface area contributed by atoms with E-state index in [-0.39, 0.29) is 10.8 Å². The smallest absolute Gasteiger partial charge is 0.238 e. The monoisotopic (exact) mass is 282 g/mol. The lowest BCUT2D eigenvalue weighted by Crippen LogP contribution is -2.29. The fourth-order valence-electron chi connectivity index (χ4n) is 2.08. The molecule has 0 radical (unpaired) electrons. The zero-order valence-electron chi connectivity index (χ0n) is 10.9. The van der Waals surface area contributed by atoms with Crippen LogP contribution in [0.15, 0.2) is 29.2 Å². The van der Waals surface area contributed by atoms with Crippen LogP contribution in [0, 0.1) is 5.92 Å². The van der Waals surface area contributed by atoms with Gasteiger partial charge in [0.25, 0.3) is 0 Å². The zero-order valence-corrected chi connectivity index (χ0v) is 11.7. The molecule has 6 heteroatoms. The summed E-state index contributed by atoms with van der Waals surface area (Å²) in [5, 5.41) is 5.03. The molecule has 1 saturated carbocycles. The number of nitrogens with zero attached hydrogens (tertiary/aromatic N) is 1. The van der Waals surface area contributed by atoms with Gasteiger partial charge in [-0.2, -0.15) is 0 Å². The molecule has 0 saturated heterocycles. The molecule has 1 aliphatic rings. The Hall–Kier alpha value is -1.40. The fourth-order valence-corrected chi connectivity index (χ4v) is 2.60. The van der Waals surface area contributed by atoms with Crippen LogP contribution >= 0.6 is 0 Å². The summed E-state index contributed by atoms with van der Waals surface area (Å²) in [7, 11) is -1.98. The van der Waals surface area contributed by atoms with Gasteiger partial charge in [-0.3, -0.25) is 4.79 Å². The second kappa shape index (κ2) is 5.30. The average Bonchev–Trinajstić information content (AvgIpc) is 2.31. The number of primary sulfonamides is 1. The minimum Gasteiger partial charge on any atom is -0.315 e. The van der Waals surface area contributed by atoms with Crippen LogP contribution in [0.25, 0.3) is 0 Å². The predicted molar refractivity (Wildman–Crippen MR) is 73.2 cm³/mol. The van der Waals surface area contributed by atoms with Crippen molar-refractivity contribution in [1.29, 1.82) is 0 Å². The van der Waals surface area contributed by atoms with Crippen LogP contribution in [0.1, 0.15) is 25.7 Å². The third-order valence-corrected chi connectivity index (χ3v) is 4.54. The van der Waals surface area contributed by atoms with Crippen LogP contribution in [0.4, 0.5) is 5.69 Å². The highest BCUT2D eigenvalue weighted by Crippen LogP contribution is 2.30. The van der Waals surface area contributed by atoms with E-state index in [1.54, 1.807) is 24.1 Å². The minimum atomic E-state index is -3.68. The summed E-state index contributed by atoms with van der Waals surface area (Å²) in [6, 6.07) is 6.02. The number of anilines is 1. The van der Waals surface area contributed by atoms with E-state index in [2.05, 4.69) is 0 Å². The predicted octanol–water partition coefficient (Wildman–Crippen LogP) is 1.49. The highest BCUT2D eigenvalue weighted by Gasteiger charge is 2.23. The van der Waals surface area contributed by atoms with E-state index in [0.29, 0.717) is 18.0 Å². The van der Waals surface area contributed by atoms with Crippen molar-refractivity contribution in [1.82, 2.24) is 0 Å². The van der Waals surface area contributed by atoms with Gasteiger partial charge in [-0.05, 0) is 43.0 Å². The summed E-state index contributed by atoms with van der Waals surface area (Å²) < 4.78 is 22.3. The molecular weight excluding hydrogens is 264 g/mol. The van der Waals surface area contributed by atoms with Gasteiger partial charge < -0.3 is 4.90 Å². The molecule has 1 amide bonds. The zero-order chi connectivity index (χ0) is 14.0. The molecule has 1 aliphatic carbocycles. The lowest BCUT2D eigenvalue weighted by molar-refractivity contribution is -0.119. The van der Waals surface area contributed by atoms with Crippen molar-refractivity contribution in [3.8, 4) is 0 Å². The Kier molecular flexibility index (Phi) is 3.91. The van der Waals surface area contributed by atoms with E-state index in [1.165, 1.54) is 18.6 Å². The molecule has 0 heterocycles. The molecular formula is C13H18N2O3S. The third kappa shape index (κ3) is 3.33. The van der Waals surface area contributed by atoms with Crippen molar-refractivity contribution in [2.24, 2.45) is 11.1 Å². The van der Waals surface area contributed by atoms with Crippen LogP contribution in [0.3, 0.4) is 0 Å². The first-order chi connectivity index (χ1) is 8.88. The van der Waals surface area contributed by atoms with Crippen LogP contribution in [0.2, 0.25) is 0 Å². The number of hydrogen-bond donors (Lipinski definition) is 1. The van der Waals surface area contributed by atoms with Crippen molar-refractivity contribution < 1.29 is 13.2 Å². The maximum absolute atomic E-state index is 12.0. The highest BCUT2D eigenvalue weighted by atomic mass is 32.2. The van der Waals surface area contributed by atoms with Crippen molar-refractivity contribution in [3.63, 3.8) is 0 Å². The van der Waals surface area contributed by atoms with Gasteiger partial charge in [-0.15, -0.1) is 0 Å². The number of rotatable bonds is 4. The molecule has 104 valence electrons. The minimum absolute atomic E-state index is 0.0519. The maximum Gasteiger partial charge on any atom is 0.238 e. The maximum atomic E-state index is 12.0. The molecule has 2 N–H and O–H groups in total. The molecule has 1 aromatic carbocycles. The second-order valence-electron chi connectivity index (χ2n) is 4.99. The first-order valence-corrected chi connectivity index (χ1v) is 7.82. The Morgan fingerprint density at radius 3 is 2.32 bits per heavy atom. The van der Waals surface area contributed by atoms with Gasteiger partial charge in [0.1, 0.15) is 0 Å². The van der Waals surface area contributed by atoms with E-state index in [0.717, 1.165) is 12.8 Å². The van der Waals surface area contributed by atoms with Gasteiger partial charge in [0.2, 0.25) is 15.9 Å². The fraction of sp³-hybridized carbons (Fsp3) is 0.462. The highest BCUT2D eigenvalue weighted by molar-refractivity contribution is 7.89. The first kappa shape index (κ1) is 14.0. The molecule has 0 bridgehead atoms. The molecule has 19 heavy (non-hydrogen) atoms. The molecule has 5 nitrogen and oxygen atoms in total. The van der Waals surface area contributed by atoms with Crippen molar-refractivity contribution in [2.45, 2.75) is 30.6 Å². The number of nitrogens with two attached hydrogens (primary N) is 1. The molecule has 0 aliphatic heterocycles. The number of carbonyl (C=O) groups is 1. The Bertz CT molecular complexity index is 562. The Morgan fingerprint density at radius 2 is 1.89 bits per heavy atom. The van der Waals surface area contributed by atoms with Crippen molar-refractivity contribution in [3.05, 3.63) is 24.3 Å². The summed E-state index contributed by atoms with van der Waals surface area (Å²) in [5.41, 5.74) is 0.678. The first-order valence-electron chi connectivity index (χ1n) is 6.27. The van der Waals surface area contributed by atoms with Gasteiger partial charge in [-0.25, -0.2) is 13.6 Å². The molecule has 0 spiro atoms. The number of carbonyl (C=O) groups excluding carboxylic acids is 1.